The molecule has 1 aromatic carbocycles. The molecule has 118 valence electrons. The second kappa shape index (κ2) is 6.27. The second-order valence-corrected chi connectivity index (χ2v) is 6.45. The topological polar surface area (TPSA) is 41.6 Å². The largest absolute Gasteiger partial charge is 0.345 e. The van der Waals surface area contributed by atoms with Crippen molar-refractivity contribution in [2.75, 3.05) is 0 Å². The number of pyridine rings is 2. The average Bonchev–Trinajstić information content (AvgIpc) is 2.98. The number of rotatable bonds is 3. The molecule has 24 heavy (non-hydrogen) atoms. The van der Waals surface area contributed by atoms with Gasteiger partial charge >= 0.3 is 0 Å². The molecule has 5 heteroatoms. The fourth-order valence-electron chi connectivity index (χ4n) is 2.77. The van der Waals surface area contributed by atoms with Crippen LogP contribution in [0.2, 0.25) is 10.0 Å². The molecule has 0 radical (unpaired) electrons. The van der Waals surface area contributed by atoms with Crippen LogP contribution in [0, 0.1) is 0 Å². The molecular weight excluding hydrogens is 341 g/mol. The van der Waals surface area contributed by atoms with E-state index in [1.807, 2.05) is 48.7 Å². The summed E-state index contributed by atoms with van der Waals surface area (Å²) in [6, 6.07) is 15.8. The average molecular weight is 354 g/mol. The Bertz CT molecular complexity index is 1020. The molecule has 3 aromatic heterocycles. The van der Waals surface area contributed by atoms with Gasteiger partial charge in [-0.3, -0.25) is 4.98 Å². The smallest absolute Gasteiger partial charge is 0.138 e. The van der Waals surface area contributed by atoms with Crippen LogP contribution in [-0.4, -0.2) is 15.0 Å². The van der Waals surface area contributed by atoms with Gasteiger partial charge in [0.1, 0.15) is 5.65 Å². The Balaban J connectivity index is 1.73. The van der Waals surface area contributed by atoms with Crippen LogP contribution in [0.15, 0.2) is 60.9 Å². The molecule has 0 fully saturated rings. The van der Waals surface area contributed by atoms with E-state index in [4.69, 9.17) is 28.2 Å². The maximum Gasteiger partial charge on any atom is 0.138 e. The minimum atomic E-state index is 0.610. The summed E-state index contributed by atoms with van der Waals surface area (Å²) in [4.78, 5) is 12.2. The monoisotopic (exact) mass is 353 g/mol. The van der Waals surface area contributed by atoms with Crippen molar-refractivity contribution in [1.82, 2.24) is 15.0 Å². The predicted molar refractivity (Wildman–Crippen MR) is 98.6 cm³/mol. The lowest BCUT2D eigenvalue weighted by atomic mass is 10.1. The first-order valence-electron chi connectivity index (χ1n) is 7.52. The summed E-state index contributed by atoms with van der Waals surface area (Å²) in [7, 11) is 0. The third kappa shape index (κ3) is 3.01. The molecule has 3 nitrogen and oxygen atoms in total. The first-order valence-corrected chi connectivity index (χ1v) is 8.28. The van der Waals surface area contributed by atoms with Crippen LogP contribution in [0.3, 0.4) is 0 Å². The Morgan fingerprint density at radius 2 is 1.83 bits per heavy atom. The van der Waals surface area contributed by atoms with Crippen LogP contribution in [0.25, 0.3) is 22.3 Å². The lowest BCUT2D eigenvalue weighted by Gasteiger charge is -2.05. The van der Waals surface area contributed by atoms with E-state index in [-0.39, 0.29) is 0 Å². The highest BCUT2D eigenvalue weighted by molar-refractivity contribution is 6.31. The summed E-state index contributed by atoms with van der Waals surface area (Å²) in [5.41, 5.74) is 4.81. The number of hydrogen-bond donors (Lipinski definition) is 1. The first-order chi connectivity index (χ1) is 11.7. The van der Waals surface area contributed by atoms with Crippen molar-refractivity contribution in [1.29, 1.82) is 0 Å². The number of nitrogens with zero attached hydrogens (tertiary/aromatic N) is 2. The zero-order chi connectivity index (χ0) is 16.5. The lowest BCUT2D eigenvalue weighted by molar-refractivity contribution is 1.08. The van der Waals surface area contributed by atoms with Crippen molar-refractivity contribution in [3.05, 3.63) is 82.2 Å². The van der Waals surface area contributed by atoms with E-state index in [1.165, 1.54) is 0 Å². The fraction of sp³-hybridized carbons (Fsp3) is 0.0526. The van der Waals surface area contributed by atoms with Gasteiger partial charge in [-0.25, -0.2) is 4.98 Å². The van der Waals surface area contributed by atoms with Crippen LogP contribution in [-0.2, 0) is 6.42 Å². The highest BCUT2D eigenvalue weighted by Crippen LogP contribution is 2.28. The molecule has 0 spiro atoms. The molecule has 0 saturated carbocycles. The van der Waals surface area contributed by atoms with Crippen LogP contribution in [0.4, 0.5) is 0 Å². The van der Waals surface area contributed by atoms with Crippen molar-refractivity contribution >= 4 is 34.2 Å². The van der Waals surface area contributed by atoms with E-state index in [1.54, 1.807) is 6.20 Å². The van der Waals surface area contributed by atoms with E-state index in [0.717, 1.165) is 45.0 Å². The zero-order valence-electron chi connectivity index (χ0n) is 12.6. The van der Waals surface area contributed by atoms with Gasteiger partial charge in [0.05, 0.1) is 10.7 Å². The maximum atomic E-state index is 6.08. The molecule has 0 aliphatic heterocycles. The first kappa shape index (κ1) is 15.2. The van der Waals surface area contributed by atoms with Gasteiger partial charge in [0, 0.05) is 40.5 Å². The molecule has 0 saturated heterocycles. The minimum Gasteiger partial charge on any atom is -0.345 e. The van der Waals surface area contributed by atoms with Gasteiger partial charge in [-0.05, 0) is 35.9 Å². The van der Waals surface area contributed by atoms with E-state index in [0.29, 0.717) is 5.02 Å². The van der Waals surface area contributed by atoms with Crippen LogP contribution in [0.1, 0.15) is 11.3 Å². The third-order valence-corrected chi connectivity index (χ3v) is 4.30. The molecule has 0 aliphatic carbocycles. The van der Waals surface area contributed by atoms with Crippen LogP contribution >= 0.6 is 23.2 Å². The van der Waals surface area contributed by atoms with Crippen molar-refractivity contribution < 1.29 is 0 Å². The fourth-order valence-corrected chi connectivity index (χ4v) is 3.14. The summed E-state index contributed by atoms with van der Waals surface area (Å²) >= 11 is 12.1. The van der Waals surface area contributed by atoms with Gasteiger partial charge in [-0.15, -0.1) is 0 Å². The SMILES string of the molecule is Clc1cccc(Cc2cccc(-c3c[nH]c4ncc(Cl)cc34)n2)c1. The molecule has 0 bridgehead atoms. The number of benzene rings is 1. The molecule has 0 aliphatic rings. The normalized spacial score (nSPS) is 11.1. The Hall–Kier alpha value is -2.36. The summed E-state index contributed by atoms with van der Waals surface area (Å²) in [5, 5.41) is 2.31. The minimum absolute atomic E-state index is 0.610. The quantitative estimate of drug-likeness (QED) is 0.526. The van der Waals surface area contributed by atoms with Crippen molar-refractivity contribution in [3.63, 3.8) is 0 Å². The number of aromatic amines is 1. The van der Waals surface area contributed by atoms with Crippen LogP contribution < -0.4 is 0 Å². The van der Waals surface area contributed by atoms with Gasteiger partial charge < -0.3 is 4.98 Å². The van der Waals surface area contributed by atoms with Crippen LogP contribution in [0.5, 0.6) is 0 Å². The Labute approximate surface area is 149 Å². The zero-order valence-corrected chi connectivity index (χ0v) is 14.1. The van der Waals surface area contributed by atoms with Gasteiger partial charge in [0.2, 0.25) is 0 Å². The predicted octanol–water partition coefficient (Wildman–Crippen LogP) is 5.52. The van der Waals surface area contributed by atoms with E-state index in [2.05, 4.69) is 16.0 Å². The van der Waals surface area contributed by atoms with Gasteiger partial charge in [-0.1, -0.05) is 41.4 Å². The number of hydrogen-bond acceptors (Lipinski definition) is 2. The number of aromatic nitrogens is 3. The van der Waals surface area contributed by atoms with Crippen molar-refractivity contribution in [2.24, 2.45) is 0 Å². The van der Waals surface area contributed by atoms with Gasteiger partial charge in [0.25, 0.3) is 0 Å². The lowest BCUT2D eigenvalue weighted by Crippen LogP contribution is -1.94. The molecular formula is C19H13Cl2N3. The Kier molecular flexibility index (Phi) is 3.97. The number of H-pyrrole nitrogens is 1. The Morgan fingerprint density at radius 1 is 0.958 bits per heavy atom. The van der Waals surface area contributed by atoms with E-state index < -0.39 is 0 Å². The summed E-state index contributed by atoms with van der Waals surface area (Å²) in [6.07, 6.45) is 4.28. The second-order valence-electron chi connectivity index (χ2n) is 5.57. The molecule has 4 rings (SSSR count). The summed E-state index contributed by atoms with van der Waals surface area (Å²) in [5.74, 6) is 0. The number of nitrogens with one attached hydrogen (secondary N) is 1. The van der Waals surface area contributed by atoms with Gasteiger partial charge in [-0.2, -0.15) is 0 Å². The molecule has 0 unspecified atom stereocenters. The molecule has 1 N–H and O–H groups in total. The molecule has 0 amide bonds. The van der Waals surface area contributed by atoms with E-state index >= 15 is 0 Å². The molecule has 0 atom stereocenters. The molecule has 4 aromatic rings. The summed E-state index contributed by atoms with van der Waals surface area (Å²) in [6.45, 7) is 0. The molecule has 3 heterocycles. The Morgan fingerprint density at radius 3 is 2.71 bits per heavy atom. The van der Waals surface area contributed by atoms with Crippen molar-refractivity contribution in [3.8, 4) is 11.3 Å². The maximum absolute atomic E-state index is 6.08. The third-order valence-electron chi connectivity index (χ3n) is 3.85. The standard InChI is InChI=1S/C19H13Cl2N3/c20-13-4-1-3-12(7-13)8-15-5-2-6-18(24-15)17-11-23-19-16(17)9-14(21)10-22-19/h1-7,9-11H,8H2,(H,22,23). The summed E-state index contributed by atoms with van der Waals surface area (Å²) < 4.78 is 0. The number of halogens is 2. The van der Waals surface area contributed by atoms with Gasteiger partial charge in [0.15, 0.2) is 0 Å². The van der Waals surface area contributed by atoms with Crippen molar-refractivity contribution in [2.45, 2.75) is 6.42 Å². The highest BCUT2D eigenvalue weighted by Gasteiger charge is 2.10. The number of fused-ring (bicyclic) bond motifs is 1. The highest BCUT2D eigenvalue weighted by atomic mass is 35.5. The van der Waals surface area contributed by atoms with E-state index in [9.17, 15) is 0 Å².